The Bertz CT molecular complexity index is 201. The van der Waals surface area contributed by atoms with Crippen LogP contribution in [-0.2, 0) is 5.54 Å². The lowest BCUT2D eigenvalue weighted by Crippen LogP contribution is -2.16. The minimum absolute atomic E-state index is 0.0289. The molecule has 1 aromatic heterocycles. The molecule has 0 saturated heterocycles. The zero-order valence-electron chi connectivity index (χ0n) is 5.00. The Hall–Kier alpha value is -0.410. The van der Waals surface area contributed by atoms with E-state index in [2.05, 4.69) is 4.37 Å². The molecule has 1 fully saturated rings. The van der Waals surface area contributed by atoms with Gasteiger partial charge in [0.2, 0.25) is 0 Å². The van der Waals surface area contributed by atoms with E-state index in [9.17, 15) is 0 Å². The summed E-state index contributed by atoms with van der Waals surface area (Å²) in [6.07, 6.45) is 4.08. The summed E-state index contributed by atoms with van der Waals surface area (Å²) in [4.78, 5) is 1.24. The predicted molar refractivity (Wildman–Crippen MR) is 37.2 cm³/mol. The van der Waals surface area contributed by atoms with Gasteiger partial charge in [0.05, 0.1) is 5.54 Å². The lowest BCUT2D eigenvalue weighted by atomic mass is 10.2. The van der Waals surface area contributed by atoms with E-state index in [1.807, 2.05) is 12.3 Å². The molecule has 0 aromatic carbocycles. The van der Waals surface area contributed by atoms with Crippen LogP contribution in [0, 0.1) is 0 Å². The predicted octanol–water partition coefficient (Wildman–Crippen LogP) is 1.09. The smallest absolute Gasteiger partial charge is 0.0521 e. The molecule has 1 aromatic rings. The van der Waals surface area contributed by atoms with Crippen LogP contribution >= 0.6 is 11.5 Å². The largest absolute Gasteiger partial charge is 0.321 e. The maximum atomic E-state index is 5.88. The maximum Gasteiger partial charge on any atom is 0.0521 e. The standard InChI is InChI=1S/C6H8N2S/c7-6(2-3-6)5-1-4-8-9-5/h1,4H,2-3,7H2. The van der Waals surface area contributed by atoms with Gasteiger partial charge in [0, 0.05) is 11.1 Å². The third kappa shape index (κ3) is 0.767. The van der Waals surface area contributed by atoms with E-state index < -0.39 is 0 Å². The second-order valence-corrected chi connectivity index (χ2v) is 3.37. The minimum Gasteiger partial charge on any atom is -0.321 e. The molecule has 48 valence electrons. The fourth-order valence-corrected chi connectivity index (χ4v) is 1.60. The third-order valence-electron chi connectivity index (χ3n) is 1.72. The minimum atomic E-state index is 0.0289. The molecule has 1 aliphatic rings. The normalized spacial score (nSPS) is 21.9. The molecular formula is C6H8N2S. The first-order chi connectivity index (χ1) is 4.31. The van der Waals surface area contributed by atoms with Crippen molar-refractivity contribution in [2.45, 2.75) is 18.4 Å². The zero-order chi connectivity index (χ0) is 6.32. The van der Waals surface area contributed by atoms with Crippen LogP contribution in [0.5, 0.6) is 0 Å². The lowest BCUT2D eigenvalue weighted by Gasteiger charge is -2.00. The molecule has 0 unspecified atom stereocenters. The Kier molecular flexibility index (Phi) is 0.926. The highest BCUT2D eigenvalue weighted by molar-refractivity contribution is 7.05. The highest BCUT2D eigenvalue weighted by atomic mass is 32.1. The van der Waals surface area contributed by atoms with Crippen LogP contribution in [-0.4, -0.2) is 4.37 Å². The maximum absolute atomic E-state index is 5.88. The Morgan fingerprint density at radius 1 is 1.67 bits per heavy atom. The molecule has 1 saturated carbocycles. The molecule has 2 N–H and O–H groups in total. The Labute approximate surface area is 57.9 Å². The average molecular weight is 140 g/mol. The number of hydrogen-bond donors (Lipinski definition) is 1. The van der Waals surface area contributed by atoms with Gasteiger partial charge in [-0.3, -0.25) is 0 Å². The van der Waals surface area contributed by atoms with Crippen molar-refractivity contribution in [2.75, 3.05) is 0 Å². The van der Waals surface area contributed by atoms with Crippen molar-refractivity contribution in [3.63, 3.8) is 0 Å². The Balaban J connectivity index is 2.34. The van der Waals surface area contributed by atoms with E-state index in [4.69, 9.17) is 5.73 Å². The van der Waals surface area contributed by atoms with E-state index in [0.717, 1.165) is 12.8 Å². The van der Waals surface area contributed by atoms with Crippen LogP contribution in [0.25, 0.3) is 0 Å². The van der Waals surface area contributed by atoms with Gasteiger partial charge >= 0.3 is 0 Å². The summed E-state index contributed by atoms with van der Waals surface area (Å²) in [6, 6.07) is 2.01. The number of hydrogen-bond acceptors (Lipinski definition) is 3. The number of aromatic nitrogens is 1. The molecule has 0 aliphatic heterocycles. The van der Waals surface area contributed by atoms with Gasteiger partial charge in [0.25, 0.3) is 0 Å². The topological polar surface area (TPSA) is 38.9 Å². The van der Waals surface area contributed by atoms with Crippen molar-refractivity contribution >= 4 is 11.5 Å². The summed E-state index contributed by atoms with van der Waals surface area (Å²) in [5.41, 5.74) is 5.91. The number of nitrogens with zero attached hydrogens (tertiary/aromatic N) is 1. The fraction of sp³-hybridized carbons (Fsp3) is 0.500. The average Bonchev–Trinajstić information content (AvgIpc) is 2.46. The molecule has 9 heavy (non-hydrogen) atoms. The zero-order valence-corrected chi connectivity index (χ0v) is 5.82. The van der Waals surface area contributed by atoms with Crippen LogP contribution in [0.1, 0.15) is 17.7 Å². The van der Waals surface area contributed by atoms with Crippen molar-refractivity contribution in [1.29, 1.82) is 0 Å². The van der Waals surface area contributed by atoms with Crippen molar-refractivity contribution in [3.05, 3.63) is 17.1 Å². The van der Waals surface area contributed by atoms with E-state index in [1.165, 1.54) is 16.4 Å². The van der Waals surface area contributed by atoms with Gasteiger partial charge in [0.1, 0.15) is 0 Å². The van der Waals surface area contributed by atoms with E-state index in [-0.39, 0.29) is 5.54 Å². The molecule has 0 atom stereocenters. The van der Waals surface area contributed by atoms with Crippen molar-refractivity contribution in [3.8, 4) is 0 Å². The third-order valence-corrected chi connectivity index (χ3v) is 2.68. The van der Waals surface area contributed by atoms with Gasteiger partial charge in [-0.05, 0) is 30.4 Å². The van der Waals surface area contributed by atoms with Crippen LogP contribution < -0.4 is 5.73 Å². The Morgan fingerprint density at radius 3 is 2.89 bits per heavy atom. The molecule has 0 radical (unpaired) electrons. The van der Waals surface area contributed by atoms with Gasteiger partial charge in [-0.25, -0.2) is 4.37 Å². The summed E-state index contributed by atoms with van der Waals surface area (Å²) in [7, 11) is 0. The second-order valence-electron chi connectivity index (χ2n) is 2.53. The number of nitrogens with two attached hydrogens (primary N) is 1. The SMILES string of the molecule is NC1(c2ccns2)CC1. The molecule has 0 spiro atoms. The van der Waals surface area contributed by atoms with Crippen molar-refractivity contribution < 1.29 is 0 Å². The van der Waals surface area contributed by atoms with Crippen LogP contribution in [0.15, 0.2) is 12.3 Å². The van der Waals surface area contributed by atoms with Gasteiger partial charge in [-0.15, -0.1) is 0 Å². The summed E-state index contributed by atoms with van der Waals surface area (Å²) >= 11 is 1.52. The van der Waals surface area contributed by atoms with Crippen LogP contribution in [0.2, 0.25) is 0 Å². The van der Waals surface area contributed by atoms with Crippen molar-refractivity contribution in [1.82, 2.24) is 4.37 Å². The van der Waals surface area contributed by atoms with Gasteiger partial charge in [0.15, 0.2) is 0 Å². The Morgan fingerprint density at radius 2 is 2.44 bits per heavy atom. The molecular weight excluding hydrogens is 132 g/mol. The van der Waals surface area contributed by atoms with E-state index in [0.29, 0.717) is 0 Å². The van der Waals surface area contributed by atoms with Crippen LogP contribution in [0.3, 0.4) is 0 Å². The molecule has 3 heteroatoms. The molecule has 2 rings (SSSR count). The first kappa shape index (κ1) is 5.38. The molecule has 1 heterocycles. The molecule has 0 amide bonds. The molecule has 0 bridgehead atoms. The van der Waals surface area contributed by atoms with Crippen molar-refractivity contribution in [2.24, 2.45) is 5.73 Å². The first-order valence-corrected chi connectivity index (χ1v) is 3.79. The quantitative estimate of drug-likeness (QED) is 0.634. The highest BCUT2D eigenvalue weighted by Crippen LogP contribution is 2.43. The van der Waals surface area contributed by atoms with E-state index in [1.54, 1.807) is 0 Å². The highest BCUT2D eigenvalue weighted by Gasteiger charge is 2.41. The van der Waals surface area contributed by atoms with Crippen LogP contribution in [0.4, 0.5) is 0 Å². The molecule has 2 nitrogen and oxygen atoms in total. The number of rotatable bonds is 1. The molecule has 1 aliphatic carbocycles. The summed E-state index contributed by atoms with van der Waals surface area (Å²) < 4.78 is 3.99. The van der Waals surface area contributed by atoms with Gasteiger partial charge in [-0.2, -0.15) is 0 Å². The summed E-state index contributed by atoms with van der Waals surface area (Å²) in [5.74, 6) is 0. The van der Waals surface area contributed by atoms with Gasteiger partial charge < -0.3 is 5.73 Å². The van der Waals surface area contributed by atoms with E-state index >= 15 is 0 Å². The second kappa shape index (κ2) is 1.55. The monoisotopic (exact) mass is 140 g/mol. The first-order valence-electron chi connectivity index (χ1n) is 3.01. The lowest BCUT2D eigenvalue weighted by molar-refractivity contribution is 0.759. The summed E-state index contributed by atoms with van der Waals surface area (Å²) in [5, 5.41) is 0. The van der Waals surface area contributed by atoms with Gasteiger partial charge in [-0.1, -0.05) is 0 Å². The summed E-state index contributed by atoms with van der Waals surface area (Å²) in [6.45, 7) is 0. The fourth-order valence-electron chi connectivity index (χ4n) is 0.854.